The predicted molar refractivity (Wildman–Crippen MR) is 77.5 cm³/mol. The summed E-state index contributed by atoms with van der Waals surface area (Å²) in [6.45, 7) is 1.48. The van der Waals surface area contributed by atoms with Gasteiger partial charge in [0.1, 0.15) is 11.6 Å². The average molecular weight is 312 g/mol. The van der Waals surface area contributed by atoms with E-state index >= 15 is 0 Å². The van der Waals surface area contributed by atoms with Crippen LogP contribution in [-0.2, 0) is 10.0 Å². The first kappa shape index (κ1) is 15.2. The Morgan fingerprint density at radius 3 is 2.24 bits per heavy atom. The maximum absolute atomic E-state index is 13.3. The second-order valence-electron chi connectivity index (χ2n) is 4.59. The normalized spacial score (nSPS) is 11.4. The van der Waals surface area contributed by atoms with E-state index in [1.165, 1.54) is 26.1 Å². The third-order valence-electron chi connectivity index (χ3n) is 3.12. The number of rotatable bonds is 3. The van der Waals surface area contributed by atoms with Gasteiger partial charge >= 0.3 is 0 Å². The fraction of sp³-hybridized carbons (Fsp3) is 0.143. The summed E-state index contributed by atoms with van der Waals surface area (Å²) in [6.07, 6.45) is 0. The van der Waals surface area contributed by atoms with Crippen LogP contribution in [-0.4, -0.2) is 15.5 Å². The van der Waals surface area contributed by atoms with Gasteiger partial charge in [-0.25, -0.2) is 17.2 Å². The van der Waals surface area contributed by atoms with Crippen LogP contribution in [0.4, 0.5) is 20.2 Å². The van der Waals surface area contributed by atoms with Crippen LogP contribution in [0.5, 0.6) is 0 Å². The van der Waals surface area contributed by atoms with E-state index in [-0.39, 0.29) is 16.1 Å². The Bertz CT molecular complexity index is 774. The zero-order valence-corrected chi connectivity index (χ0v) is 12.3. The number of benzene rings is 2. The standard InChI is InChI=1S/C14H14F2N2O2S/c1-9-7-12(16)13(17)8-14(9)21(19,20)18(2)11-5-3-10(15)4-6-11/h3-8H,17H2,1-2H3. The number of aryl methyl sites for hydroxylation is 1. The highest BCUT2D eigenvalue weighted by molar-refractivity contribution is 7.92. The molecule has 0 aliphatic heterocycles. The van der Waals surface area contributed by atoms with Crippen LogP contribution < -0.4 is 10.0 Å². The van der Waals surface area contributed by atoms with Gasteiger partial charge < -0.3 is 5.73 Å². The van der Waals surface area contributed by atoms with Crippen molar-refractivity contribution in [2.24, 2.45) is 0 Å². The van der Waals surface area contributed by atoms with Crippen molar-refractivity contribution < 1.29 is 17.2 Å². The summed E-state index contributed by atoms with van der Waals surface area (Å²) in [5.41, 5.74) is 5.73. The zero-order valence-electron chi connectivity index (χ0n) is 11.5. The molecule has 0 amide bonds. The van der Waals surface area contributed by atoms with E-state index in [9.17, 15) is 17.2 Å². The maximum atomic E-state index is 13.3. The van der Waals surface area contributed by atoms with Gasteiger partial charge in [-0.15, -0.1) is 0 Å². The Kier molecular flexibility index (Phi) is 3.87. The van der Waals surface area contributed by atoms with Crippen molar-refractivity contribution in [2.75, 3.05) is 17.1 Å². The maximum Gasteiger partial charge on any atom is 0.264 e. The SMILES string of the molecule is Cc1cc(F)c(N)cc1S(=O)(=O)N(C)c1ccc(F)cc1. The third kappa shape index (κ3) is 2.82. The lowest BCUT2D eigenvalue weighted by molar-refractivity contribution is 0.592. The first-order chi connectivity index (χ1) is 9.73. The highest BCUT2D eigenvalue weighted by Crippen LogP contribution is 2.27. The van der Waals surface area contributed by atoms with Crippen LogP contribution in [0.2, 0.25) is 0 Å². The first-order valence-corrected chi connectivity index (χ1v) is 7.47. The molecular weight excluding hydrogens is 298 g/mol. The Morgan fingerprint density at radius 1 is 1.10 bits per heavy atom. The summed E-state index contributed by atoms with van der Waals surface area (Å²) in [7, 11) is -2.58. The highest BCUT2D eigenvalue weighted by atomic mass is 32.2. The molecule has 0 spiro atoms. The van der Waals surface area contributed by atoms with Crippen molar-refractivity contribution in [3.63, 3.8) is 0 Å². The second kappa shape index (κ2) is 5.33. The van der Waals surface area contributed by atoms with E-state index in [1.807, 2.05) is 0 Å². The van der Waals surface area contributed by atoms with E-state index in [4.69, 9.17) is 5.73 Å². The summed E-state index contributed by atoms with van der Waals surface area (Å²) in [4.78, 5) is -0.0896. The molecule has 0 aromatic heterocycles. The van der Waals surface area contributed by atoms with E-state index in [0.29, 0.717) is 5.69 Å². The van der Waals surface area contributed by atoms with Gasteiger partial charge in [-0.3, -0.25) is 4.31 Å². The molecule has 2 N–H and O–H groups in total. The largest absolute Gasteiger partial charge is 0.396 e. The molecule has 0 bridgehead atoms. The predicted octanol–water partition coefficient (Wildman–Crippen LogP) is 2.68. The quantitative estimate of drug-likeness (QED) is 0.886. The van der Waals surface area contributed by atoms with Crippen LogP contribution in [0.3, 0.4) is 0 Å². The topological polar surface area (TPSA) is 63.4 Å². The van der Waals surface area contributed by atoms with Crippen molar-refractivity contribution in [3.8, 4) is 0 Å². The molecule has 0 saturated heterocycles. The summed E-state index contributed by atoms with van der Waals surface area (Å²) >= 11 is 0. The van der Waals surface area contributed by atoms with E-state index in [1.54, 1.807) is 0 Å². The summed E-state index contributed by atoms with van der Waals surface area (Å²) in [6, 6.07) is 7.16. The average Bonchev–Trinajstić information content (AvgIpc) is 2.42. The van der Waals surface area contributed by atoms with E-state index in [0.717, 1.165) is 28.6 Å². The monoisotopic (exact) mass is 312 g/mol. The number of nitrogens with zero attached hydrogens (tertiary/aromatic N) is 1. The molecule has 21 heavy (non-hydrogen) atoms. The highest BCUT2D eigenvalue weighted by Gasteiger charge is 2.24. The van der Waals surface area contributed by atoms with Gasteiger partial charge in [-0.2, -0.15) is 0 Å². The molecule has 0 heterocycles. The molecular formula is C14H14F2N2O2S. The Balaban J connectivity index is 2.51. The van der Waals surface area contributed by atoms with Crippen LogP contribution in [0.25, 0.3) is 0 Å². The number of nitrogens with two attached hydrogens (primary N) is 1. The summed E-state index contributed by atoms with van der Waals surface area (Å²) < 4.78 is 52.4. The van der Waals surface area contributed by atoms with Crippen LogP contribution in [0.1, 0.15) is 5.56 Å². The second-order valence-corrected chi connectivity index (χ2v) is 6.53. The number of hydrogen-bond acceptors (Lipinski definition) is 3. The Labute approximate surface area is 121 Å². The fourth-order valence-corrected chi connectivity index (χ4v) is 3.32. The zero-order chi connectivity index (χ0) is 15.8. The minimum absolute atomic E-state index is 0.0896. The molecule has 7 heteroatoms. The number of sulfonamides is 1. The third-order valence-corrected chi connectivity index (χ3v) is 5.05. The Morgan fingerprint density at radius 2 is 1.67 bits per heavy atom. The number of halogens is 2. The van der Waals surface area contributed by atoms with Crippen LogP contribution >= 0.6 is 0 Å². The number of hydrogen-bond donors (Lipinski definition) is 1. The molecule has 0 aliphatic rings. The first-order valence-electron chi connectivity index (χ1n) is 6.03. The van der Waals surface area contributed by atoms with Crippen molar-refractivity contribution in [1.29, 1.82) is 0 Å². The lowest BCUT2D eigenvalue weighted by atomic mass is 10.2. The van der Waals surface area contributed by atoms with Gasteiger partial charge in [0.15, 0.2) is 0 Å². The summed E-state index contributed by atoms with van der Waals surface area (Å²) in [5.74, 6) is -1.14. The van der Waals surface area contributed by atoms with Gasteiger partial charge in [-0.1, -0.05) is 0 Å². The molecule has 0 radical (unpaired) electrons. The lowest BCUT2D eigenvalue weighted by Gasteiger charge is -2.21. The van der Waals surface area contributed by atoms with Gasteiger partial charge in [0.05, 0.1) is 16.3 Å². The van der Waals surface area contributed by atoms with Gasteiger partial charge in [-0.05, 0) is 48.9 Å². The fourth-order valence-electron chi connectivity index (χ4n) is 1.88. The molecule has 2 rings (SSSR count). The Hall–Kier alpha value is -2.15. The molecule has 0 aliphatic carbocycles. The smallest absolute Gasteiger partial charge is 0.264 e. The minimum Gasteiger partial charge on any atom is -0.396 e. The van der Waals surface area contributed by atoms with Gasteiger partial charge in [0.2, 0.25) is 0 Å². The minimum atomic E-state index is -3.91. The lowest BCUT2D eigenvalue weighted by Crippen LogP contribution is -2.27. The van der Waals surface area contributed by atoms with Crippen molar-refractivity contribution in [2.45, 2.75) is 11.8 Å². The number of nitrogen functional groups attached to an aromatic ring is 1. The molecule has 0 atom stereocenters. The van der Waals surface area contributed by atoms with Crippen LogP contribution in [0, 0.1) is 18.6 Å². The molecule has 0 fully saturated rings. The van der Waals surface area contributed by atoms with Crippen molar-refractivity contribution in [1.82, 2.24) is 0 Å². The summed E-state index contributed by atoms with van der Waals surface area (Å²) in [5, 5.41) is 0. The molecule has 0 saturated carbocycles. The molecule has 0 unspecified atom stereocenters. The van der Waals surface area contributed by atoms with Gasteiger partial charge in [0.25, 0.3) is 10.0 Å². The molecule has 112 valence electrons. The van der Waals surface area contributed by atoms with E-state index in [2.05, 4.69) is 0 Å². The van der Waals surface area contributed by atoms with Crippen molar-refractivity contribution >= 4 is 21.4 Å². The molecule has 2 aromatic carbocycles. The molecule has 4 nitrogen and oxygen atoms in total. The van der Waals surface area contributed by atoms with Gasteiger partial charge in [0, 0.05) is 7.05 Å². The number of anilines is 2. The van der Waals surface area contributed by atoms with Crippen LogP contribution in [0.15, 0.2) is 41.3 Å². The van der Waals surface area contributed by atoms with Crippen molar-refractivity contribution in [3.05, 3.63) is 53.6 Å². The molecule has 2 aromatic rings. The van der Waals surface area contributed by atoms with E-state index < -0.39 is 21.7 Å².